The third-order valence-electron chi connectivity index (χ3n) is 3.76. The molecule has 0 amide bonds. The van der Waals surface area contributed by atoms with Crippen molar-refractivity contribution in [2.45, 2.75) is 17.9 Å². The highest BCUT2D eigenvalue weighted by molar-refractivity contribution is 7.89. The Morgan fingerprint density at radius 2 is 1.72 bits per heavy atom. The number of hydrogen-bond acceptors (Lipinski definition) is 6. The highest BCUT2D eigenvalue weighted by Crippen LogP contribution is 2.33. The second-order valence-electron chi connectivity index (χ2n) is 5.50. The van der Waals surface area contributed by atoms with E-state index in [1.807, 2.05) is 0 Å². The van der Waals surface area contributed by atoms with Gasteiger partial charge < -0.3 is 9.47 Å². The van der Waals surface area contributed by atoms with Gasteiger partial charge in [0.1, 0.15) is 13.2 Å². The number of benzene rings is 2. The molecule has 0 spiro atoms. The van der Waals surface area contributed by atoms with Crippen LogP contribution in [0.15, 0.2) is 47.4 Å². The fourth-order valence-electron chi connectivity index (χ4n) is 2.45. The smallest absolute Gasteiger partial charge is 0.269 e. The predicted octanol–water partition coefficient (Wildman–Crippen LogP) is 2.41. The molecule has 1 aliphatic rings. The van der Waals surface area contributed by atoms with Crippen molar-refractivity contribution >= 4 is 15.7 Å². The van der Waals surface area contributed by atoms with Crippen LogP contribution >= 0.6 is 0 Å². The Balaban J connectivity index is 1.79. The van der Waals surface area contributed by atoms with Gasteiger partial charge >= 0.3 is 0 Å². The minimum absolute atomic E-state index is 0.0394. The molecule has 0 aliphatic carbocycles. The first-order valence-corrected chi connectivity index (χ1v) is 9.01. The standard InChI is InChI=1S/C16H16N2O6S/c1-11(12-2-7-15-16(10-12)24-9-8-23-15)17-25(21,22)14-5-3-13(4-6-14)18(19)20/h2-7,10-11,17H,8-9H2,1H3. The summed E-state index contributed by atoms with van der Waals surface area (Å²) < 4.78 is 38.4. The summed E-state index contributed by atoms with van der Waals surface area (Å²) in [5, 5.41) is 10.7. The van der Waals surface area contributed by atoms with Crippen LogP contribution in [0.25, 0.3) is 0 Å². The molecule has 0 bridgehead atoms. The van der Waals surface area contributed by atoms with E-state index in [1.54, 1.807) is 25.1 Å². The summed E-state index contributed by atoms with van der Waals surface area (Å²) in [6.07, 6.45) is 0. The summed E-state index contributed by atoms with van der Waals surface area (Å²) in [6.45, 7) is 2.63. The molecule has 9 heteroatoms. The first-order chi connectivity index (χ1) is 11.9. The van der Waals surface area contributed by atoms with Crippen LogP contribution < -0.4 is 14.2 Å². The van der Waals surface area contributed by atoms with Crippen molar-refractivity contribution in [1.82, 2.24) is 4.72 Å². The summed E-state index contributed by atoms with van der Waals surface area (Å²) in [5.74, 6) is 1.20. The van der Waals surface area contributed by atoms with Gasteiger partial charge in [-0.2, -0.15) is 0 Å². The summed E-state index contributed by atoms with van der Waals surface area (Å²) in [4.78, 5) is 10.0. The topological polar surface area (TPSA) is 108 Å². The first-order valence-electron chi connectivity index (χ1n) is 7.53. The molecule has 0 aromatic heterocycles. The van der Waals surface area contributed by atoms with Crippen molar-refractivity contribution in [3.8, 4) is 11.5 Å². The number of non-ortho nitro benzene ring substituents is 1. The Hall–Kier alpha value is -2.65. The molecule has 25 heavy (non-hydrogen) atoms. The number of hydrogen-bond donors (Lipinski definition) is 1. The number of fused-ring (bicyclic) bond motifs is 1. The number of ether oxygens (including phenoxy) is 2. The normalized spacial score (nSPS) is 14.8. The molecular formula is C16H16N2O6S. The van der Waals surface area contributed by atoms with E-state index in [2.05, 4.69) is 4.72 Å². The van der Waals surface area contributed by atoms with Crippen molar-refractivity contribution in [3.63, 3.8) is 0 Å². The van der Waals surface area contributed by atoms with Gasteiger partial charge in [-0.1, -0.05) is 6.07 Å². The minimum atomic E-state index is -3.82. The average Bonchev–Trinajstić information content (AvgIpc) is 2.61. The fraction of sp³-hybridized carbons (Fsp3) is 0.250. The summed E-state index contributed by atoms with van der Waals surface area (Å²) in [6, 6.07) is 9.44. The minimum Gasteiger partial charge on any atom is -0.486 e. The van der Waals surface area contributed by atoms with Crippen molar-refractivity contribution in [1.29, 1.82) is 0 Å². The maximum atomic E-state index is 12.4. The molecule has 8 nitrogen and oxygen atoms in total. The van der Waals surface area contributed by atoms with E-state index in [-0.39, 0.29) is 10.6 Å². The first kappa shape index (κ1) is 17.2. The van der Waals surface area contributed by atoms with Crippen molar-refractivity contribution in [2.24, 2.45) is 0 Å². The van der Waals surface area contributed by atoms with Crippen LogP contribution in [-0.2, 0) is 10.0 Å². The Labute approximate surface area is 144 Å². The largest absolute Gasteiger partial charge is 0.486 e. The molecule has 2 aromatic rings. The van der Waals surface area contributed by atoms with E-state index >= 15 is 0 Å². The maximum absolute atomic E-state index is 12.4. The quantitative estimate of drug-likeness (QED) is 0.645. The third-order valence-corrected chi connectivity index (χ3v) is 5.31. The van der Waals surface area contributed by atoms with Crippen molar-refractivity contribution in [3.05, 3.63) is 58.1 Å². The lowest BCUT2D eigenvalue weighted by molar-refractivity contribution is -0.384. The molecule has 1 heterocycles. The summed E-state index contributed by atoms with van der Waals surface area (Å²) in [5.41, 5.74) is 0.550. The van der Waals surface area contributed by atoms with Crippen LogP contribution in [0, 0.1) is 10.1 Å². The van der Waals surface area contributed by atoms with E-state index in [4.69, 9.17) is 9.47 Å². The van der Waals surface area contributed by atoms with E-state index in [9.17, 15) is 18.5 Å². The maximum Gasteiger partial charge on any atom is 0.269 e. The van der Waals surface area contributed by atoms with Gasteiger partial charge in [0.25, 0.3) is 5.69 Å². The van der Waals surface area contributed by atoms with Gasteiger partial charge in [-0.3, -0.25) is 10.1 Å². The Morgan fingerprint density at radius 3 is 2.36 bits per heavy atom. The summed E-state index contributed by atoms with van der Waals surface area (Å²) in [7, 11) is -3.82. The zero-order valence-corrected chi connectivity index (χ0v) is 14.2. The molecule has 1 atom stereocenters. The van der Waals surface area contributed by atoms with Gasteiger partial charge in [-0.15, -0.1) is 0 Å². The van der Waals surface area contributed by atoms with Crippen LogP contribution in [0.4, 0.5) is 5.69 Å². The lowest BCUT2D eigenvalue weighted by Gasteiger charge is -2.21. The monoisotopic (exact) mass is 364 g/mol. The van der Waals surface area contributed by atoms with Gasteiger partial charge in [0, 0.05) is 18.2 Å². The Bertz CT molecular complexity index is 895. The van der Waals surface area contributed by atoms with E-state index in [1.165, 1.54) is 12.1 Å². The molecule has 1 unspecified atom stereocenters. The number of nitrogens with zero attached hydrogens (tertiary/aromatic N) is 1. The lowest BCUT2D eigenvalue weighted by atomic mass is 10.1. The van der Waals surface area contributed by atoms with E-state index in [0.29, 0.717) is 24.7 Å². The molecule has 3 rings (SSSR count). The van der Waals surface area contributed by atoms with Crippen LogP contribution in [0.1, 0.15) is 18.5 Å². The van der Waals surface area contributed by atoms with Crippen molar-refractivity contribution < 1.29 is 22.8 Å². The van der Waals surface area contributed by atoms with Gasteiger partial charge in [0.15, 0.2) is 11.5 Å². The number of rotatable bonds is 5. The Morgan fingerprint density at radius 1 is 1.08 bits per heavy atom. The molecule has 1 aliphatic heterocycles. The number of nitrogens with one attached hydrogen (secondary N) is 1. The molecule has 0 radical (unpaired) electrons. The van der Waals surface area contributed by atoms with Crippen LogP contribution in [-0.4, -0.2) is 26.6 Å². The summed E-state index contributed by atoms with van der Waals surface area (Å²) >= 11 is 0. The molecule has 0 saturated carbocycles. The predicted molar refractivity (Wildman–Crippen MR) is 89.3 cm³/mol. The van der Waals surface area contributed by atoms with Gasteiger partial charge in [0.2, 0.25) is 10.0 Å². The molecule has 2 aromatic carbocycles. The number of nitro benzene ring substituents is 1. The lowest BCUT2D eigenvalue weighted by Crippen LogP contribution is -2.27. The molecule has 1 N–H and O–H groups in total. The van der Waals surface area contributed by atoms with Gasteiger partial charge in [-0.25, -0.2) is 13.1 Å². The molecule has 0 saturated heterocycles. The van der Waals surface area contributed by atoms with Crippen LogP contribution in [0.5, 0.6) is 11.5 Å². The highest BCUT2D eigenvalue weighted by Gasteiger charge is 2.21. The van der Waals surface area contributed by atoms with Gasteiger partial charge in [0.05, 0.1) is 9.82 Å². The van der Waals surface area contributed by atoms with Crippen LogP contribution in [0.3, 0.4) is 0 Å². The molecule has 132 valence electrons. The number of sulfonamides is 1. The Kier molecular flexibility index (Phi) is 4.60. The van der Waals surface area contributed by atoms with E-state index < -0.39 is 21.0 Å². The fourth-order valence-corrected chi connectivity index (χ4v) is 3.68. The second-order valence-corrected chi connectivity index (χ2v) is 7.21. The second kappa shape index (κ2) is 6.69. The highest BCUT2D eigenvalue weighted by atomic mass is 32.2. The van der Waals surface area contributed by atoms with Gasteiger partial charge in [-0.05, 0) is 36.8 Å². The third kappa shape index (κ3) is 3.72. The zero-order valence-electron chi connectivity index (χ0n) is 13.3. The zero-order chi connectivity index (χ0) is 18.0. The van der Waals surface area contributed by atoms with E-state index in [0.717, 1.165) is 17.7 Å². The van der Waals surface area contributed by atoms with Crippen molar-refractivity contribution in [2.75, 3.05) is 13.2 Å². The number of nitro groups is 1. The average molecular weight is 364 g/mol. The van der Waals surface area contributed by atoms with Crippen LogP contribution in [0.2, 0.25) is 0 Å². The molecule has 0 fully saturated rings. The molecular weight excluding hydrogens is 348 g/mol. The SMILES string of the molecule is CC(NS(=O)(=O)c1ccc([N+](=O)[O-])cc1)c1ccc2c(c1)OCCO2.